The van der Waals surface area contributed by atoms with Crippen molar-refractivity contribution in [2.75, 3.05) is 13.7 Å². The van der Waals surface area contributed by atoms with Crippen molar-refractivity contribution in [3.63, 3.8) is 0 Å². The molecule has 0 aliphatic rings. The summed E-state index contributed by atoms with van der Waals surface area (Å²) in [5, 5.41) is 7.83. The summed E-state index contributed by atoms with van der Waals surface area (Å²) >= 11 is 0. The number of hydrogen-bond donors (Lipinski definition) is 1. The number of carboxylic acids is 1. The van der Waals surface area contributed by atoms with Crippen LogP contribution >= 0.6 is 0 Å². The van der Waals surface area contributed by atoms with Gasteiger partial charge in [0, 0.05) is 12.2 Å². The number of hydrogen-bond acceptors (Lipinski definition) is 5. The predicted octanol–water partition coefficient (Wildman–Crippen LogP) is 0.926. The van der Waals surface area contributed by atoms with Crippen LogP contribution in [0.2, 0.25) is 0 Å². The number of methoxy groups -OCH3 is 1. The van der Waals surface area contributed by atoms with Gasteiger partial charge in [-0.15, -0.1) is 0 Å². The van der Waals surface area contributed by atoms with Gasteiger partial charge in [0.05, 0.1) is 13.5 Å². The average molecular weight is 244 g/mol. The van der Waals surface area contributed by atoms with E-state index in [0.717, 1.165) is 12.2 Å². The van der Waals surface area contributed by atoms with Crippen molar-refractivity contribution in [3.05, 3.63) is 24.8 Å². The lowest BCUT2D eigenvalue weighted by Gasteiger charge is -1.99. The van der Waals surface area contributed by atoms with Crippen LogP contribution in [0.3, 0.4) is 0 Å². The van der Waals surface area contributed by atoms with Gasteiger partial charge in [0.2, 0.25) is 0 Å². The Labute approximate surface area is 99.5 Å². The maximum atomic E-state index is 10.4. The predicted molar refractivity (Wildman–Crippen MR) is 60.2 cm³/mol. The van der Waals surface area contributed by atoms with Crippen LogP contribution in [0.5, 0.6) is 0 Å². The molecule has 0 unspecified atom stereocenters. The van der Waals surface area contributed by atoms with Crippen LogP contribution in [0.25, 0.3) is 0 Å². The van der Waals surface area contributed by atoms with Gasteiger partial charge in [0.25, 0.3) is 0 Å². The number of aliphatic carboxylic acids is 1. The van der Waals surface area contributed by atoms with Crippen molar-refractivity contribution in [1.82, 2.24) is 0 Å². The summed E-state index contributed by atoms with van der Waals surface area (Å²) < 4.78 is 8.82. The number of allylic oxidation sites excluding steroid dienone is 1. The van der Waals surface area contributed by atoms with Crippen molar-refractivity contribution in [3.8, 4) is 0 Å². The fourth-order valence-electron chi connectivity index (χ4n) is 0.539. The standard InChI is InChI=1S/C7H10O4.C4H6O2/c1-3-6(8)11-5-4-7(9)10-2;1-2-3-4(5)6/h3H,1,4-5H2,2H3;2-3H,1H3,(H,5,6). The van der Waals surface area contributed by atoms with Crippen molar-refractivity contribution >= 4 is 17.9 Å². The minimum Gasteiger partial charge on any atom is -0.478 e. The molecule has 6 nitrogen and oxygen atoms in total. The van der Waals surface area contributed by atoms with Gasteiger partial charge in [-0.25, -0.2) is 9.59 Å². The SMILES string of the molecule is C=CC(=O)OCCC(=O)OC.CC=CC(=O)O. The number of ether oxygens (including phenoxy) is 2. The maximum absolute atomic E-state index is 10.4. The smallest absolute Gasteiger partial charge is 0.330 e. The minimum atomic E-state index is -0.891. The first kappa shape index (κ1) is 17.3. The molecule has 0 aromatic rings. The summed E-state index contributed by atoms with van der Waals surface area (Å²) in [6.45, 7) is 4.89. The average Bonchev–Trinajstić information content (AvgIpc) is 2.29. The first-order valence-corrected chi connectivity index (χ1v) is 4.69. The summed E-state index contributed by atoms with van der Waals surface area (Å²) in [4.78, 5) is 30.3. The Morgan fingerprint density at radius 3 is 2.24 bits per heavy atom. The molecule has 0 rings (SSSR count). The van der Waals surface area contributed by atoms with Gasteiger partial charge < -0.3 is 14.6 Å². The molecule has 0 heterocycles. The van der Waals surface area contributed by atoms with Gasteiger partial charge >= 0.3 is 17.9 Å². The Morgan fingerprint density at radius 2 is 1.94 bits per heavy atom. The molecule has 0 aromatic heterocycles. The molecule has 0 saturated heterocycles. The number of carboxylic acid groups (broad SMARTS) is 1. The van der Waals surface area contributed by atoms with Gasteiger partial charge in [-0.1, -0.05) is 12.7 Å². The van der Waals surface area contributed by atoms with Crippen LogP contribution < -0.4 is 0 Å². The molecule has 0 spiro atoms. The second kappa shape index (κ2) is 12.0. The molecule has 96 valence electrons. The first-order chi connectivity index (χ1) is 7.97. The van der Waals surface area contributed by atoms with Crippen LogP contribution in [0.1, 0.15) is 13.3 Å². The lowest BCUT2D eigenvalue weighted by molar-refractivity contribution is -0.145. The number of carbonyl (C=O) groups excluding carboxylic acids is 2. The highest BCUT2D eigenvalue weighted by Crippen LogP contribution is 1.87. The van der Waals surface area contributed by atoms with E-state index < -0.39 is 17.9 Å². The van der Waals surface area contributed by atoms with Gasteiger partial charge in [-0.2, -0.15) is 0 Å². The van der Waals surface area contributed by atoms with E-state index in [1.165, 1.54) is 13.2 Å². The van der Waals surface area contributed by atoms with E-state index in [-0.39, 0.29) is 13.0 Å². The fourth-order valence-corrected chi connectivity index (χ4v) is 0.539. The largest absolute Gasteiger partial charge is 0.478 e. The van der Waals surface area contributed by atoms with E-state index in [1.807, 2.05) is 0 Å². The fraction of sp³-hybridized carbons (Fsp3) is 0.364. The second-order valence-electron chi connectivity index (χ2n) is 2.54. The Hall–Kier alpha value is -2.11. The third kappa shape index (κ3) is 16.6. The minimum absolute atomic E-state index is 0.0392. The summed E-state index contributed by atoms with van der Waals surface area (Å²) in [5.41, 5.74) is 0. The molecule has 0 amide bonds. The summed E-state index contributed by atoms with van der Waals surface area (Å²) in [7, 11) is 1.28. The lowest BCUT2D eigenvalue weighted by atomic mass is 10.5. The van der Waals surface area contributed by atoms with E-state index in [9.17, 15) is 14.4 Å². The molecular formula is C11H16O6. The van der Waals surface area contributed by atoms with Crippen molar-refractivity contribution in [2.24, 2.45) is 0 Å². The molecule has 0 bridgehead atoms. The normalized spacial score (nSPS) is 8.82. The molecule has 0 fully saturated rings. The third-order valence-corrected chi connectivity index (χ3v) is 1.25. The quantitative estimate of drug-likeness (QED) is 0.571. The Balaban J connectivity index is 0. The molecule has 17 heavy (non-hydrogen) atoms. The second-order valence-corrected chi connectivity index (χ2v) is 2.54. The van der Waals surface area contributed by atoms with Crippen LogP contribution in [-0.4, -0.2) is 36.7 Å². The molecule has 0 saturated carbocycles. The number of carbonyl (C=O) groups is 3. The monoisotopic (exact) mass is 244 g/mol. The molecule has 0 aromatic carbocycles. The zero-order valence-electron chi connectivity index (χ0n) is 9.84. The zero-order valence-corrected chi connectivity index (χ0v) is 9.84. The van der Waals surface area contributed by atoms with E-state index in [4.69, 9.17) is 5.11 Å². The van der Waals surface area contributed by atoms with Crippen LogP contribution in [0, 0.1) is 0 Å². The Morgan fingerprint density at radius 1 is 1.35 bits per heavy atom. The highest BCUT2D eigenvalue weighted by atomic mass is 16.5. The van der Waals surface area contributed by atoms with Gasteiger partial charge in [-0.3, -0.25) is 4.79 Å². The van der Waals surface area contributed by atoms with E-state index in [2.05, 4.69) is 16.1 Å². The van der Waals surface area contributed by atoms with Crippen molar-refractivity contribution in [1.29, 1.82) is 0 Å². The van der Waals surface area contributed by atoms with Crippen molar-refractivity contribution < 1.29 is 29.0 Å². The zero-order chi connectivity index (χ0) is 13.7. The van der Waals surface area contributed by atoms with E-state index >= 15 is 0 Å². The first-order valence-electron chi connectivity index (χ1n) is 4.69. The molecule has 0 radical (unpaired) electrons. The summed E-state index contributed by atoms with van der Waals surface area (Å²) in [6.07, 6.45) is 3.68. The lowest BCUT2D eigenvalue weighted by Crippen LogP contribution is -2.08. The molecule has 0 aliphatic carbocycles. The topological polar surface area (TPSA) is 89.9 Å². The van der Waals surface area contributed by atoms with E-state index in [0.29, 0.717) is 0 Å². The molecule has 0 aliphatic heterocycles. The highest BCUT2D eigenvalue weighted by Gasteiger charge is 2.01. The Kier molecular flexibility index (Phi) is 12.2. The number of esters is 2. The van der Waals surface area contributed by atoms with Crippen molar-refractivity contribution in [2.45, 2.75) is 13.3 Å². The number of rotatable bonds is 5. The molecule has 6 heteroatoms. The Bertz CT molecular complexity index is 292. The highest BCUT2D eigenvalue weighted by molar-refractivity contribution is 5.81. The van der Waals surface area contributed by atoms with Crippen LogP contribution in [0.4, 0.5) is 0 Å². The molecular weight excluding hydrogens is 228 g/mol. The third-order valence-electron chi connectivity index (χ3n) is 1.25. The summed E-state index contributed by atoms with van der Waals surface area (Å²) in [6, 6.07) is 0. The summed E-state index contributed by atoms with van der Waals surface area (Å²) in [5.74, 6) is -1.83. The van der Waals surface area contributed by atoms with Crippen LogP contribution in [-0.2, 0) is 23.9 Å². The van der Waals surface area contributed by atoms with Gasteiger partial charge in [0.1, 0.15) is 6.61 Å². The molecule has 0 atom stereocenters. The maximum Gasteiger partial charge on any atom is 0.330 e. The van der Waals surface area contributed by atoms with E-state index in [1.54, 1.807) is 6.92 Å². The van der Waals surface area contributed by atoms with Crippen LogP contribution in [0.15, 0.2) is 24.8 Å². The van der Waals surface area contributed by atoms with Gasteiger partial charge in [-0.05, 0) is 6.92 Å². The molecule has 1 N–H and O–H groups in total. The van der Waals surface area contributed by atoms with Gasteiger partial charge in [0.15, 0.2) is 0 Å².